The predicted octanol–water partition coefficient (Wildman–Crippen LogP) is 3.68. The Morgan fingerprint density at radius 1 is 1.40 bits per heavy atom. The lowest BCUT2D eigenvalue weighted by Crippen LogP contribution is -2.07. The minimum absolute atomic E-state index is 0.238. The molecule has 0 bridgehead atoms. The normalized spacial score (nSPS) is 12.8. The van der Waals surface area contributed by atoms with Gasteiger partial charge in [-0.3, -0.25) is 0 Å². The van der Waals surface area contributed by atoms with Crippen molar-refractivity contribution >= 4 is 15.9 Å². The Morgan fingerprint density at radius 2 is 2.13 bits per heavy atom. The summed E-state index contributed by atoms with van der Waals surface area (Å²) in [6.45, 7) is 2.04. The summed E-state index contributed by atoms with van der Waals surface area (Å²) in [5, 5.41) is 9.56. The third kappa shape index (κ3) is 3.92. The maximum atomic E-state index is 13.1. The van der Waals surface area contributed by atoms with E-state index in [9.17, 15) is 9.50 Å². The molecule has 1 aromatic carbocycles. The summed E-state index contributed by atoms with van der Waals surface area (Å²) in [5.41, 5.74) is 0.921. The van der Waals surface area contributed by atoms with E-state index in [4.69, 9.17) is 0 Å². The van der Waals surface area contributed by atoms with Crippen LogP contribution in [0, 0.1) is 5.82 Å². The van der Waals surface area contributed by atoms with Gasteiger partial charge in [-0.15, -0.1) is 0 Å². The second kappa shape index (κ2) is 6.23. The standard InChI is InChI=1S/C12H16BrFO/c1-2-4-10(15)8-7-9-5-3-6-11(14)12(9)13/h3,5-6,10,15H,2,4,7-8H2,1H3. The molecule has 1 nitrogen and oxygen atoms in total. The molecule has 0 aliphatic rings. The van der Waals surface area contributed by atoms with Crippen LogP contribution in [-0.4, -0.2) is 11.2 Å². The summed E-state index contributed by atoms with van der Waals surface area (Å²) < 4.78 is 13.7. The molecule has 0 heterocycles. The molecule has 0 radical (unpaired) electrons. The molecule has 0 aliphatic heterocycles. The number of aliphatic hydroxyl groups excluding tert-OH is 1. The number of rotatable bonds is 5. The summed E-state index contributed by atoms with van der Waals surface area (Å²) in [4.78, 5) is 0. The highest BCUT2D eigenvalue weighted by Crippen LogP contribution is 2.22. The molecule has 3 heteroatoms. The van der Waals surface area contributed by atoms with Gasteiger partial charge in [-0.1, -0.05) is 25.5 Å². The van der Waals surface area contributed by atoms with Crippen molar-refractivity contribution < 1.29 is 9.50 Å². The van der Waals surface area contributed by atoms with Gasteiger partial charge in [0.25, 0.3) is 0 Å². The fraction of sp³-hybridized carbons (Fsp3) is 0.500. The van der Waals surface area contributed by atoms with Gasteiger partial charge in [0.1, 0.15) is 5.82 Å². The number of hydrogen-bond donors (Lipinski definition) is 1. The summed E-state index contributed by atoms with van der Waals surface area (Å²) in [7, 11) is 0. The Labute approximate surface area is 98.4 Å². The van der Waals surface area contributed by atoms with Gasteiger partial charge in [0.2, 0.25) is 0 Å². The molecular formula is C12H16BrFO. The first-order chi connectivity index (χ1) is 7.15. The van der Waals surface area contributed by atoms with Crippen molar-refractivity contribution in [3.05, 3.63) is 34.1 Å². The highest BCUT2D eigenvalue weighted by Gasteiger charge is 2.07. The molecule has 0 fully saturated rings. The third-order valence-corrected chi connectivity index (χ3v) is 3.29. The van der Waals surface area contributed by atoms with Crippen LogP contribution in [0.3, 0.4) is 0 Å². The minimum Gasteiger partial charge on any atom is -0.393 e. The summed E-state index contributed by atoms with van der Waals surface area (Å²) >= 11 is 3.21. The van der Waals surface area contributed by atoms with E-state index in [1.807, 2.05) is 13.0 Å². The summed E-state index contributed by atoms with van der Waals surface area (Å²) in [6.07, 6.45) is 2.92. The average Bonchev–Trinajstić information content (AvgIpc) is 2.21. The molecule has 1 aromatic rings. The zero-order chi connectivity index (χ0) is 11.3. The monoisotopic (exact) mass is 274 g/mol. The van der Waals surface area contributed by atoms with Gasteiger partial charge < -0.3 is 5.11 Å². The van der Waals surface area contributed by atoms with E-state index in [1.165, 1.54) is 6.07 Å². The number of aryl methyl sites for hydroxylation is 1. The third-order valence-electron chi connectivity index (χ3n) is 2.40. The van der Waals surface area contributed by atoms with E-state index in [0.29, 0.717) is 17.3 Å². The highest BCUT2D eigenvalue weighted by atomic mass is 79.9. The van der Waals surface area contributed by atoms with E-state index >= 15 is 0 Å². The maximum Gasteiger partial charge on any atom is 0.137 e. The molecule has 1 rings (SSSR count). The van der Waals surface area contributed by atoms with Crippen LogP contribution < -0.4 is 0 Å². The predicted molar refractivity (Wildman–Crippen MR) is 63.3 cm³/mol. The molecule has 0 saturated heterocycles. The molecule has 1 N–H and O–H groups in total. The molecule has 15 heavy (non-hydrogen) atoms. The Bertz CT molecular complexity index is 314. The van der Waals surface area contributed by atoms with Crippen LogP contribution >= 0.6 is 15.9 Å². The maximum absolute atomic E-state index is 13.1. The van der Waals surface area contributed by atoms with Crippen molar-refractivity contribution in [2.24, 2.45) is 0 Å². The molecule has 1 atom stereocenters. The summed E-state index contributed by atoms with van der Waals surface area (Å²) in [5.74, 6) is -0.238. The molecule has 0 amide bonds. The van der Waals surface area contributed by atoms with Crippen LogP contribution in [0.5, 0.6) is 0 Å². The summed E-state index contributed by atoms with van der Waals surface area (Å²) in [6, 6.07) is 5.00. The van der Waals surface area contributed by atoms with E-state index in [2.05, 4.69) is 15.9 Å². The molecular weight excluding hydrogens is 259 g/mol. The second-order valence-corrected chi connectivity index (χ2v) is 4.49. The van der Waals surface area contributed by atoms with Crippen LogP contribution in [0.15, 0.2) is 22.7 Å². The van der Waals surface area contributed by atoms with Crippen molar-refractivity contribution in [1.82, 2.24) is 0 Å². The van der Waals surface area contributed by atoms with Crippen molar-refractivity contribution in [2.45, 2.75) is 38.7 Å². The fourth-order valence-electron chi connectivity index (χ4n) is 1.54. The lowest BCUT2D eigenvalue weighted by atomic mass is 10.0. The van der Waals surface area contributed by atoms with Crippen LogP contribution in [0.1, 0.15) is 31.7 Å². The first-order valence-corrected chi connectivity index (χ1v) is 6.05. The second-order valence-electron chi connectivity index (χ2n) is 3.69. The molecule has 84 valence electrons. The quantitative estimate of drug-likeness (QED) is 0.869. The number of halogens is 2. The Morgan fingerprint density at radius 3 is 2.80 bits per heavy atom. The van der Waals surface area contributed by atoms with Gasteiger partial charge >= 0.3 is 0 Å². The number of aliphatic hydroxyl groups is 1. The van der Waals surface area contributed by atoms with E-state index in [-0.39, 0.29) is 11.9 Å². The van der Waals surface area contributed by atoms with Crippen LogP contribution in [0.2, 0.25) is 0 Å². The van der Waals surface area contributed by atoms with Gasteiger partial charge in [0.05, 0.1) is 10.6 Å². The lowest BCUT2D eigenvalue weighted by molar-refractivity contribution is 0.154. The largest absolute Gasteiger partial charge is 0.393 e. The molecule has 1 unspecified atom stereocenters. The smallest absolute Gasteiger partial charge is 0.137 e. The van der Waals surface area contributed by atoms with Crippen LogP contribution in [0.25, 0.3) is 0 Å². The van der Waals surface area contributed by atoms with Gasteiger partial charge in [0.15, 0.2) is 0 Å². The van der Waals surface area contributed by atoms with Crippen LogP contribution in [-0.2, 0) is 6.42 Å². The number of hydrogen-bond acceptors (Lipinski definition) is 1. The molecule has 0 aliphatic carbocycles. The number of benzene rings is 1. The Balaban J connectivity index is 2.54. The molecule has 0 spiro atoms. The zero-order valence-corrected chi connectivity index (χ0v) is 10.4. The van der Waals surface area contributed by atoms with Gasteiger partial charge in [0, 0.05) is 0 Å². The molecule has 0 aromatic heterocycles. The Hall–Kier alpha value is -0.410. The van der Waals surface area contributed by atoms with Crippen molar-refractivity contribution in [3.8, 4) is 0 Å². The topological polar surface area (TPSA) is 20.2 Å². The van der Waals surface area contributed by atoms with Crippen molar-refractivity contribution in [1.29, 1.82) is 0 Å². The lowest BCUT2D eigenvalue weighted by Gasteiger charge is -2.10. The van der Waals surface area contributed by atoms with E-state index in [1.54, 1.807) is 6.07 Å². The molecule has 0 saturated carbocycles. The SMILES string of the molecule is CCCC(O)CCc1cccc(F)c1Br. The average molecular weight is 275 g/mol. The fourth-order valence-corrected chi connectivity index (χ4v) is 2.00. The first-order valence-electron chi connectivity index (χ1n) is 5.26. The first kappa shape index (κ1) is 12.7. The van der Waals surface area contributed by atoms with Crippen LogP contribution in [0.4, 0.5) is 4.39 Å². The van der Waals surface area contributed by atoms with Gasteiger partial charge in [-0.25, -0.2) is 4.39 Å². The van der Waals surface area contributed by atoms with Crippen molar-refractivity contribution in [3.63, 3.8) is 0 Å². The van der Waals surface area contributed by atoms with Crippen molar-refractivity contribution in [2.75, 3.05) is 0 Å². The van der Waals surface area contributed by atoms with Gasteiger partial charge in [-0.2, -0.15) is 0 Å². The Kier molecular flexibility index (Phi) is 5.26. The minimum atomic E-state index is -0.273. The van der Waals surface area contributed by atoms with E-state index < -0.39 is 0 Å². The zero-order valence-electron chi connectivity index (χ0n) is 8.84. The van der Waals surface area contributed by atoms with E-state index in [0.717, 1.165) is 18.4 Å². The highest BCUT2D eigenvalue weighted by molar-refractivity contribution is 9.10. The van der Waals surface area contributed by atoms with Gasteiger partial charge in [-0.05, 0) is 46.8 Å².